The minimum atomic E-state index is -2.26. The Morgan fingerprint density at radius 3 is 2.23 bits per heavy atom. The van der Waals surface area contributed by atoms with Gasteiger partial charge in [-0.3, -0.25) is 10.2 Å². The zero-order valence-corrected chi connectivity index (χ0v) is 31.2. The third kappa shape index (κ3) is 9.02. The third-order valence-corrected chi connectivity index (χ3v) is 9.74. The van der Waals surface area contributed by atoms with Gasteiger partial charge in [-0.1, -0.05) is 121 Å². The summed E-state index contributed by atoms with van der Waals surface area (Å²) in [6, 6.07) is 24.2. The minimum Gasteiger partial charge on any atom is -0.457 e. The highest BCUT2D eigenvalue weighted by atomic mass is 35.6. The molecule has 278 valence electrons. The maximum atomic E-state index is 13.7. The highest BCUT2D eigenvalue weighted by molar-refractivity contribution is 6.76. The van der Waals surface area contributed by atoms with Crippen LogP contribution in [0.2, 0.25) is 0 Å². The summed E-state index contributed by atoms with van der Waals surface area (Å²) in [4.78, 5) is 27.3. The van der Waals surface area contributed by atoms with Crippen LogP contribution in [-0.2, 0) is 44.6 Å². The molecular weight excluding hydrogens is 735 g/mol. The van der Waals surface area contributed by atoms with Crippen molar-refractivity contribution in [3.63, 3.8) is 0 Å². The van der Waals surface area contributed by atoms with E-state index in [9.17, 15) is 9.59 Å². The normalized spacial score (nSPS) is 24.1. The number of fused-ring (bicyclic) bond motifs is 4. The van der Waals surface area contributed by atoms with Crippen molar-refractivity contribution in [1.29, 1.82) is 5.41 Å². The Hall–Kier alpha value is -3.42. The summed E-state index contributed by atoms with van der Waals surface area (Å²) < 4.78 is 39.7. The van der Waals surface area contributed by atoms with Crippen molar-refractivity contribution in [3.05, 3.63) is 95.6 Å². The van der Waals surface area contributed by atoms with Gasteiger partial charge in [0.1, 0.15) is 24.9 Å². The lowest BCUT2D eigenvalue weighted by atomic mass is 9.95. The first-order chi connectivity index (χ1) is 24.8. The largest absolute Gasteiger partial charge is 0.457 e. The molecule has 6 atom stereocenters. The van der Waals surface area contributed by atoms with E-state index in [1.807, 2.05) is 85.8 Å². The number of benzene rings is 3. The molecule has 3 aliphatic rings. The number of alkyl carbamates (subject to hydrolysis) is 1. The van der Waals surface area contributed by atoms with Crippen molar-refractivity contribution in [3.8, 4) is 11.1 Å². The van der Waals surface area contributed by atoms with Crippen molar-refractivity contribution in [1.82, 2.24) is 5.32 Å². The molecule has 2 aliphatic heterocycles. The molecule has 2 heterocycles. The molecule has 0 spiro atoms. The second-order valence-electron chi connectivity index (χ2n) is 13.3. The van der Waals surface area contributed by atoms with Crippen LogP contribution in [-0.4, -0.2) is 77.5 Å². The number of carbonyl (C=O) groups is 2. The topological polar surface area (TPSA) is 135 Å². The van der Waals surface area contributed by atoms with Crippen molar-refractivity contribution in [2.24, 2.45) is 0 Å². The number of halogens is 3. The van der Waals surface area contributed by atoms with Crippen molar-refractivity contribution >= 4 is 52.8 Å². The summed E-state index contributed by atoms with van der Waals surface area (Å²) in [5, 5.41) is 11.1. The molecule has 11 nitrogen and oxygen atoms in total. The average molecular weight is 776 g/mol. The van der Waals surface area contributed by atoms with E-state index in [0.717, 1.165) is 27.8 Å². The Labute approximate surface area is 317 Å². The summed E-state index contributed by atoms with van der Waals surface area (Å²) in [5.41, 5.74) is 5.16. The standard InChI is InChI=1S/C38H41Cl3N2O9/c1-4-23(46-19-22-12-6-5-7-13-22)18-30(44)50-33-31(34(51-35(42)38(39,40)41)49-29-21-48-37(2,3)52-32(29)33)43-36(45)47-20-28-26-16-10-8-14-24(26)25-15-9-11-17-27(25)28/h5-17,23,28-29,31-34,42H,4,18-21H2,1-3H3,(H,43,45)/t23-,29?,31?,32-,33+,34?/m0/s1. The third-order valence-electron chi connectivity index (χ3n) is 9.23. The van der Waals surface area contributed by atoms with Crippen LogP contribution in [0, 0.1) is 5.41 Å². The average Bonchev–Trinajstić information content (AvgIpc) is 3.44. The minimum absolute atomic E-state index is 0.00768. The quantitative estimate of drug-likeness (QED) is 0.0883. The van der Waals surface area contributed by atoms with Gasteiger partial charge in [0.2, 0.25) is 12.2 Å². The summed E-state index contributed by atoms with van der Waals surface area (Å²) in [6.07, 6.45) is -5.35. The van der Waals surface area contributed by atoms with E-state index >= 15 is 0 Å². The molecule has 3 aromatic rings. The molecule has 14 heteroatoms. The molecule has 2 N–H and O–H groups in total. The van der Waals surface area contributed by atoms with Gasteiger partial charge in [-0.05, 0) is 48.1 Å². The van der Waals surface area contributed by atoms with Gasteiger partial charge in [0, 0.05) is 5.92 Å². The van der Waals surface area contributed by atoms with Crippen LogP contribution < -0.4 is 5.32 Å². The molecule has 0 bridgehead atoms. The lowest BCUT2D eigenvalue weighted by molar-refractivity contribution is -0.363. The summed E-state index contributed by atoms with van der Waals surface area (Å²) >= 11 is 17.9. The second-order valence-corrected chi connectivity index (χ2v) is 15.5. The van der Waals surface area contributed by atoms with Crippen LogP contribution in [0.15, 0.2) is 78.9 Å². The lowest BCUT2D eigenvalue weighted by Crippen LogP contribution is -2.69. The monoisotopic (exact) mass is 774 g/mol. The van der Waals surface area contributed by atoms with Crippen LogP contribution in [0.5, 0.6) is 0 Å². The van der Waals surface area contributed by atoms with Crippen LogP contribution in [0.1, 0.15) is 56.2 Å². The predicted molar refractivity (Wildman–Crippen MR) is 194 cm³/mol. The fraction of sp³-hybridized carbons (Fsp3) is 0.447. The van der Waals surface area contributed by atoms with E-state index in [-0.39, 0.29) is 25.6 Å². The number of esters is 1. The number of nitrogens with one attached hydrogen (secondary N) is 2. The summed E-state index contributed by atoms with van der Waals surface area (Å²) in [5.74, 6) is -2.70. The molecule has 52 heavy (non-hydrogen) atoms. The van der Waals surface area contributed by atoms with E-state index in [4.69, 9.17) is 73.4 Å². The van der Waals surface area contributed by atoms with Gasteiger partial charge in [0.15, 0.2) is 11.9 Å². The molecule has 6 rings (SSSR count). The number of rotatable bonds is 11. The Morgan fingerprint density at radius 1 is 0.962 bits per heavy atom. The number of amides is 1. The number of carbonyl (C=O) groups excluding carboxylic acids is 2. The van der Waals surface area contributed by atoms with Gasteiger partial charge in [-0.25, -0.2) is 4.79 Å². The summed E-state index contributed by atoms with van der Waals surface area (Å²) in [6.45, 7) is 5.66. The van der Waals surface area contributed by atoms with E-state index in [1.165, 1.54) is 0 Å². The van der Waals surface area contributed by atoms with Gasteiger partial charge in [0.25, 0.3) is 3.79 Å². The van der Waals surface area contributed by atoms with Gasteiger partial charge in [0.05, 0.1) is 25.7 Å². The first-order valence-corrected chi connectivity index (χ1v) is 18.2. The van der Waals surface area contributed by atoms with E-state index < -0.39 is 64.3 Å². The number of hydrogen-bond acceptors (Lipinski definition) is 10. The molecule has 2 fully saturated rings. The fourth-order valence-electron chi connectivity index (χ4n) is 6.67. The number of hydrogen-bond donors (Lipinski definition) is 2. The Kier molecular flexibility index (Phi) is 12.0. The molecule has 0 radical (unpaired) electrons. The maximum Gasteiger partial charge on any atom is 0.407 e. The van der Waals surface area contributed by atoms with Crippen molar-refractivity contribution in [2.45, 2.75) is 92.5 Å². The van der Waals surface area contributed by atoms with Crippen molar-refractivity contribution in [2.75, 3.05) is 13.2 Å². The highest BCUT2D eigenvalue weighted by Crippen LogP contribution is 2.44. The zero-order chi connectivity index (χ0) is 37.0. The Morgan fingerprint density at radius 2 is 1.60 bits per heavy atom. The van der Waals surface area contributed by atoms with Gasteiger partial charge >= 0.3 is 12.1 Å². The SMILES string of the molecule is CC[C@@H](CC(=O)O[C@@H]1C(NC(=O)OCC2c3ccccc3-c3ccccc32)C(OC(=N)C(Cl)(Cl)Cl)OC2COC(C)(C)O[C@@H]21)OCc1ccccc1. The predicted octanol–water partition coefficient (Wildman–Crippen LogP) is 7.43. The second kappa shape index (κ2) is 16.3. The van der Waals surface area contributed by atoms with E-state index in [0.29, 0.717) is 13.0 Å². The van der Waals surface area contributed by atoms with Crippen LogP contribution >= 0.6 is 34.8 Å². The zero-order valence-electron chi connectivity index (χ0n) is 28.9. The molecule has 0 saturated carbocycles. The molecule has 3 unspecified atom stereocenters. The van der Waals surface area contributed by atoms with Crippen LogP contribution in [0.3, 0.4) is 0 Å². The first kappa shape index (κ1) is 38.3. The lowest BCUT2D eigenvalue weighted by Gasteiger charge is -2.50. The number of alkyl halides is 3. The maximum absolute atomic E-state index is 13.7. The van der Waals surface area contributed by atoms with Gasteiger partial charge < -0.3 is 38.5 Å². The van der Waals surface area contributed by atoms with Crippen molar-refractivity contribution < 1.29 is 42.7 Å². The molecule has 1 amide bonds. The molecule has 2 saturated heterocycles. The summed E-state index contributed by atoms with van der Waals surface area (Å²) in [7, 11) is 0. The van der Waals surface area contributed by atoms with Gasteiger partial charge in [-0.15, -0.1) is 0 Å². The molecule has 0 aromatic heterocycles. The Balaban J connectivity index is 1.23. The van der Waals surface area contributed by atoms with Crippen LogP contribution in [0.4, 0.5) is 4.79 Å². The highest BCUT2D eigenvalue weighted by Gasteiger charge is 2.55. The molecule has 3 aromatic carbocycles. The first-order valence-electron chi connectivity index (χ1n) is 17.1. The molecular formula is C38H41Cl3N2O9. The van der Waals surface area contributed by atoms with E-state index in [2.05, 4.69) is 5.32 Å². The van der Waals surface area contributed by atoms with E-state index in [1.54, 1.807) is 13.8 Å². The van der Waals surface area contributed by atoms with Crippen LogP contribution in [0.25, 0.3) is 11.1 Å². The fourth-order valence-corrected chi connectivity index (χ4v) is 6.81. The number of ether oxygens (including phenoxy) is 7. The smallest absolute Gasteiger partial charge is 0.407 e. The Bertz CT molecular complexity index is 1690. The molecule has 1 aliphatic carbocycles. The van der Waals surface area contributed by atoms with Gasteiger partial charge in [-0.2, -0.15) is 0 Å².